The Kier molecular flexibility index (Phi) is 8.76. The van der Waals surface area contributed by atoms with E-state index in [1.165, 1.54) is 23.1 Å². The maximum Gasteiger partial charge on any atom is 0.341 e. The van der Waals surface area contributed by atoms with E-state index in [-0.39, 0.29) is 18.3 Å². The van der Waals surface area contributed by atoms with E-state index < -0.39 is 5.97 Å². The molecule has 1 N–H and O–H groups in total. The maximum absolute atomic E-state index is 12.7. The average molecular weight is 521 g/mol. The Balaban J connectivity index is 1.80. The highest BCUT2D eigenvalue weighted by Gasteiger charge is 2.23. The van der Waals surface area contributed by atoms with Gasteiger partial charge in [0.1, 0.15) is 10.8 Å². The molecule has 1 amide bonds. The second-order valence-corrected chi connectivity index (χ2v) is 9.70. The molecule has 0 aliphatic rings. The van der Waals surface area contributed by atoms with Gasteiger partial charge in [-0.25, -0.2) is 4.79 Å². The van der Waals surface area contributed by atoms with Crippen LogP contribution in [0, 0.1) is 13.8 Å². The number of allylic oxidation sites excluding steroid dienone is 1. The predicted octanol–water partition coefficient (Wildman–Crippen LogP) is 5.38. The van der Waals surface area contributed by atoms with Gasteiger partial charge in [-0.15, -0.1) is 28.1 Å². The van der Waals surface area contributed by atoms with Crippen LogP contribution in [0.15, 0.2) is 36.0 Å². The van der Waals surface area contributed by atoms with Crippen LogP contribution >= 0.6 is 34.7 Å². The molecular weight excluding hydrogens is 496 g/mol. The number of carbonyl (C=O) groups is 2. The van der Waals surface area contributed by atoms with E-state index in [2.05, 4.69) is 22.1 Å². The SMILES string of the molecule is C=CCn1c(SCC(=O)Nc2sc(C)c(C)c2C(=O)OCC)nnc1-c1cc(Cl)ccc1OC. The van der Waals surface area contributed by atoms with E-state index in [0.29, 0.717) is 44.4 Å². The van der Waals surface area contributed by atoms with Crippen LogP contribution in [0.1, 0.15) is 27.7 Å². The highest BCUT2D eigenvalue weighted by Crippen LogP contribution is 2.35. The number of methoxy groups -OCH3 is 1. The molecule has 11 heteroatoms. The molecule has 0 saturated carbocycles. The van der Waals surface area contributed by atoms with Gasteiger partial charge in [0, 0.05) is 16.4 Å². The van der Waals surface area contributed by atoms with E-state index in [1.54, 1.807) is 38.3 Å². The van der Waals surface area contributed by atoms with Gasteiger partial charge in [0.2, 0.25) is 5.91 Å². The molecule has 2 aromatic heterocycles. The van der Waals surface area contributed by atoms with Gasteiger partial charge < -0.3 is 14.8 Å². The molecule has 0 atom stereocenters. The number of nitrogens with zero attached hydrogens (tertiary/aromatic N) is 3. The number of halogens is 1. The van der Waals surface area contributed by atoms with Gasteiger partial charge in [0.15, 0.2) is 11.0 Å². The predicted molar refractivity (Wildman–Crippen MR) is 136 cm³/mol. The van der Waals surface area contributed by atoms with Crippen molar-refractivity contribution in [1.29, 1.82) is 0 Å². The lowest BCUT2D eigenvalue weighted by Gasteiger charge is -2.11. The zero-order valence-corrected chi connectivity index (χ0v) is 21.7. The molecule has 180 valence electrons. The second-order valence-electron chi connectivity index (χ2n) is 7.09. The number of thioether (sulfide) groups is 1. The number of carbonyl (C=O) groups excluding carboxylic acids is 2. The summed E-state index contributed by atoms with van der Waals surface area (Å²) < 4.78 is 12.4. The summed E-state index contributed by atoms with van der Waals surface area (Å²) in [6.45, 7) is 9.98. The Hall–Kier alpha value is -2.82. The van der Waals surface area contributed by atoms with Crippen molar-refractivity contribution in [2.75, 3.05) is 24.8 Å². The van der Waals surface area contributed by atoms with E-state index in [1.807, 2.05) is 18.4 Å². The molecule has 0 bridgehead atoms. The molecule has 0 aliphatic carbocycles. The fourth-order valence-corrected chi connectivity index (χ4v) is 5.18. The Morgan fingerprint density at radius 3 is 2.76 bits per heavy atom. The summed E-state index contributed by atoms with van der Waals surface area (Å²) in [6, 6.07) is 5.25. The molecule has 0 spiro atoms. The van der Waals surface area contributed by atoms with Crippen molar-refractivity contribution < 1.29 is 19.1 Å². The van der Waals surface area contributed by atoms with Crippen molar-refractivity contribution >= 4 is 51.6 Å². The quantitative estimate of drug-likeness (QED) is 0.218. The smallest absolute Gasteiger partial charge is 0.341 e. The first-order valence-electron chi connectivity index (χ1n) is 10.4. The van der Waals surface area contributed by atoms with Gasteiger partial charge in [-0.1, -0.05) is 29.4 Å². The number of esters is 1. The first-order valence-corrected chi connectivity index (χ1v) is 12.6. The van der Waals surface area contributed by atoms with E-state index in [9.17, 15) is 9.59 Å². The Bertz CT molecular complexity index is 1220. The van der Waals surface area contributed by atoms with E-state index in [4.69, 9.17) is 21.1 Å². The average Bonchev–Trinajstić information content (AvgIpc) is 3.32. The summed E-state index contributed by atoms with van der Waals surface area (Å²) in [7, 11) is 1.57. The van der Waals surface area contributed by atoms with Crippen LogP contribution in [0.2, 0.25) is 5.02 Å². The molecule has 34 heavy (non-hydrogen) atoms. The first kappa shape index (κ1) is 25.8. The summed E-state index contributed by atoms with van der Waals surface area (Å²) in [4.78, 5) is 26.0. The lowest BCUT2D eigenvalue weighted by atomic mass is 10.1. The van der Waals surface area contributed by atoms with Crippen molar-refractivity contribution in [2.45, 2.75) is 32.5 Å². The second kappa shape index (κ2) is 11.5. The van der Waals surface area contributed by atoms with Gasteiger partial charge >= 0.3 is 5.97 Å². The van der Waals surface area contributed by atoms with Crippen LogP contribution in [0.25, 0.3) is 11.4 Å². The summed E-state index contributed by atoms with van der Waals surface area (Å²) in [5.74, 6) is 0.507. The van der Waals surface area contributed by atoms with Crippen LogP contribution < -0.4 is 10.1 Å². The highest BCUT2D eigenvalue weighted by atomic mass is 35.5. The maximum atomic E-state index is 12.7. The summed E-state index contributed by atoms with van der Waals surface area (Å²) in [5.41, 5.74) is 1.88. The molecule has 0 radical (unpaired) electrons. The van der Waals surface area contributed by atoms with Crippen molar-refractivity contribution in [1.82, 2.24) is 14.8 Å². The Morgan fingerprint density at radius 1 is 1.32 bits per heavy atom. The van der Waals surface area contributed by atoms with E-state index in [0.717, 1.165) is 10.4 Å². The molecule has 0 aliphatic heterocycles. The molecule has 1 aromatic carbocycles. The van der Waals surface area contributed by atoms with Crippen LogP contribution in [0.3, 0.4) is 0 Å². The third-order valence-corrected chi connectivity index (χ3v) is 7.21. The molecule has 0 unspecified atom stereocenters. The topological polar surface area (TPSA) is 95.3 Å². The molecule has 3 rings (SSSR count). The molecule has 2 heterocycles. The standard InChI is InChI=1S/C23H25ClN4O4S2/c1-6-10-28-20(16-11-15(24)8-9-17(16)31-5)26-27-23(28)33-12-18(29)25-21-19(22(30)32-7-2)13(3)14(4)34-21/h6,8-9,11H,1,7,10,12H2,2-5H3,(H,25,29). The highest BCUT2D eigenvalue weighted by molar-refractivity contribution is 7.99. The van der Waals surface area contributed by atoms with Gasteiger partial charge in [-0.2, -0.15) is 0 Å². The van der Waals surface area contributed by atoms with Crippen LogP contribution in [0.4, 0.5) is 5.00 Å². The summed E-state index contributed by atoms with van der Waals surface area (Å²) in [5, 5.41) is 13.0. The zero-order chi connectivity index (χ0) is 24.8. The van der Waals surface area contributed by atoms with E-state index >= 15 is 0 Å². The number of benzene rings is 1. The van der Waals surface area contributed by atoms with Gasteiger partial charge in [0.05, 0.1) is 30.6 Å². The van der Waals surface area contributed by atoms with Crippen molar-refractivity contribution in [3.63, 3.8) is 0 Å². The number of aromatic nitrogens is 3. The zero-order valence-electron chi connectivity index (χ0n) is 19.3. The Labute approximate surface area is 211 Å². The molecule has 0 saturated heterocycles. The minimum absolute atomic E-state index is 0.0697. The van der Waals surface area contributed by atoms with Crippen molar-refractivity contribution in [3.8, 4) is 17.1 Å². The van der Waals surface area contributed by atoms with Crippen LogP contribution in [-0.4, -0.2) is 46.1 Å². The minimum Gasteiger partial charge on any atom is -0.496 e. The largest absolute Gasteiger partial charge is 0.496 e. The van der Waals surface area contributed by atoms with Crippen molar-refractivity contribution in [2.24, 2.45) is 0 Å². The van der Waals surface area contributed by atoms with Crippen LogP contribution in [0.5, 0.6) is 5.75 Å². The molecule has 8 nitrogen and oxygen atoms in total. The Morgan fingerprint density at radius 2 is 2.09 bits per heavy atom. The molecule has 0 fully saturated rings. The fraction of sp³-hybridized carbons (Fsp3) is 0.304. The van der Waals surface area contributed by atoms with Gasteiger partial charge in [-0.05, 0) is 44.5 Å². The third kappa shape index (κ3) is 5.63. The first-order chi connectivity index (χ1) is 16.3. The minimum atomic E-state index is -0.446. The van der Waals surface area contributed by atoms with Gasteiger partial charge in [-0.3, -0.25) is 9.36 Å². The lowest BCUT2D eigenvalue weighted by molar-refractivity contribution is -0.113. The third-order valence-electron chi connectivity index (χ3n) is 4.88. The van der Waals surface area contributed by atoms with Crippen molar-refractivity contribution in [3.05, 3.63) is 51.9 Å². The molecule has 3 aromatic rings. The number of amides is 1. The lowest BCUT2D eigenvalue weighted by Crippen LogP contribution is -2.17. The van der Waals surface area contributed by atoms with Gasteiger partial charge in [0.25, 0.3) is 0 Å². The number of thiophene rings is 1. The number of nitrogens with one attached hydrogen (secondary N) is 1. The fourth-order valence-electron chi connectivity index (χ4n) is 3.20. The summed E-state index contributed by atoms with van der Waals surface area (Å²) >= 11 is 8.76. The number of aryl methyl sites for hydroxylation is 1. The normalized spacial score (nSPS) is 10.7. The molecular formula is C23H25ClN4O4S2. The number of anilines is 1. The number of ether oxygens (including phenoxy) is 2. The number of hydrogen-bond donors (Lipinski definition) is 1. The number of rotatable bonds is 10. The summed E-state index contributed by atoms with van der Waals surface area (Å²) in [6.07, 6.45) is 1.72. The van der Waals surface area contributed by atoms with Crippen LogP contribution in [-0.2, 0) is 16.1 Å². The number of hydrogen-bond acceptors (Lipinski definition) is 8. The monoisotopic (exact) mass is 520 g/mol.